The lowest BCUT2D eigenvalue weighted by atomic mass is 10.1. The summed E-state index contributed by atoms with van der Waals surface area (Å²) in [4.78, 5) is 78.1. The highest BCUT2D eigenvalue weighted by atomic mass is 127. The number of aromatic nitrogens is 3. The summed E-state index contributed by atoms with van der Waals surface area (Å²) in [5, 5.41) is 27.8. The first-order valence-electron chi connectivity index (χ1n) is 25.3. The lowest BCUT2D eigenvalue weighted by molar-refractivity contribution is 0.0941. The van der Waals surface area contributed by atoms with Gasteiger partial charge in [0, 0.05) is 76.5 Å². The normalized spacial score (nSPS) is 10.7. The molecular weight excluding hydrogens is 1250 g/mol. The predicted molar refractivity (Wildman–Crippen MR) is 329 cm³/mol. The number of rotatable bonds is 11. The molecule has 0 saturated carbocycles. The summed E-state index contributed by atoms with van der Waals surface area (Å²) in [5.74, 6) is 1.61. The number of benzene rings is 6. The molecule has 0 spiro atoms. The zero-order valence-corrected chi connectivity index (χ0v) is 49.3. The summed E-state index contributed by atoms with van der Waals surface area (Å²) < 4.78 is 46.2. The molecule has 0 aliphatic heterocycles. The molecule has 0 saturated heterocycles. The van der Waals surface area contributed by atoms with E-state index in [1.165, 1.54) is 76.6 Å². The second-order valence-corrected chi connectivity index (χ2v) is 20.8. The van der Waals surface area contributed by atoms with Crippen LogP contribution in [0.5, 0.6) is 0 Å². The highest BCUT2D eigenvalue weighted by Gasteiger charge is 2.20. The Morgan fingerprint density at radius 2 is 1.02 bits per heavy atom. The van der Waals surface area contributed by atoms with Crippen molar-refractivity contribution in [3.8, 4) is 11.8 Å². The Labute approximate surface area is 502 Å². The number of halogens is 7. The van der Waals surface area contributed by atoms with Gasteiger partial charge in [0.15, 0.2) is 0 Å². The number of hydrogen-bond acceptors (Lipinski definition) is 8. The number of carbonyl (C=O) groups excluding carboxylic acids is 3. The van der Waals surface area contributed by atoms with Gasteiger partial charge >= 0.3 is 0 Å². The molecule has 9 aromatic rings. The molecule has 0 unspecified atom stereocenters. The number of carbonyl (C=O) groups is 3. The van der Waals surface area contributed by atoms with Gasteiger partial charge < -0.3 is 40.3 Å². The van der Waals surface area contributed by atoms with Crippen molar-refractivity contribution in [2.24, 2.45) is 14.1 Å². The molecule has 0 aliphatic carbocycles. The second-order valence-electron chi connectivity index (χ2n) is 18.2. The summed E-state index contributed by atoms with van der Waals surface area (Å²) >= 11 is 19.4. The number of aromatic amines is 1. The molecule has 21 heteroatoms. The second kappa shape index (κ2) is 30.3. The molecular formula is C62H53Cl3F3IN6O8. The van der Waals surface area contributed by atoms with Crippen molar-refractivity contribution in [3.63, 3.8) is 0 Å². The third-order valence-corrected chi connectivity index (χ3v) is 13.3. The molecule has 3 aromatic heterocycles. The van der Waals surface area contributed by atoms with Gasteiger partial charge in [-0.1, -0.05) is 115 Å². The van der Waals surface area contributed by atoms with Crippen LogP contribution in [0.2, 0.25) is 15.1 Å². The summed E-state index contributed by atoms with van der Waals surface area (Å²) in [6.45, 7) is 4.36. The average Bonchev–Trinajstić information content (AvgIpc) is 2.51. The van der Waals surface area contributed by atoms with E-state index in [1.54, 1.807) is 93.0 Å². The van der Waals surface area contributed by atoms with Crippen molar-refractivity contribution in [2.75, 3.05) is 13.2 Å². The molecule has 3 heterocycles. The fourth-order valence-electron chi connectivity index (χ4n) is 8.09. The number of pyridine rings is 3. The molecule has 0 bridgehead atoms. The van der Waals surface area contributed by atoms with Crippen LogP contribution < -0.4 is 32.2 Å². The molecule has 83 heavy (non-hydrogen) atoms. The van der Waals surface area contributed by atoms with Crippen LogP contribution in [0.3, 0.4) is 0 Å². The molecule has 6 N–H and O–H groups in total. The Kier molecular flexibility index (Phi) is 23.4. The van der Waals surface area contributed by atoms with Gasteiger partial charge in [0.05, 0.1) is 39.3 Å². The Morgan fingerprint density at radius 3 is 1.47 bits per heavy atom. The van der Waals surface area contributed by atoms with Crippen molar-refractivity contribution >= 4 is 114 Å². The fraction of sp³-hybridized carbons (Fsp3) is 0.161. The van der Waals surface area contributed by atoms with Gasteiger partial charge in [-0.15, -0.1) is 0 Å². The maximum atomic E-state index is 14.5. The molecule has 0 radical (unpaired) electrons. The van der Waals surface area contributed by atoms with Crippen LogP contribution in [0.4, 0.5) is 13.2 Å². The first kappa shape index (κ1) is 64.1. The number of hydrogen-bond donors (Lipinski definition) is 6. The largest absolute Gasteiger partial charge is 0.392 e. The lowest BCUT2D eigenvalue weighted by Gasteiger charge is -2.11. The van der Waals surface area contributed by atoms with E-state index < -0.39 is 51.5 Å². The van der Waals surface area contributed by atoms with E-state index in [1.807, 2.05) is 22.6 Å². The fourth-order valence-corrected chi connectivity index (χ4v) is 9.05. The highest BCUT2D eigenvalue weighted by molar-refractivity contribution is 14.1. The van der Waals surface area contributed by atoms with E-state index in [2.05, 4.69) is 46.6 Å². The Bertz CT molecular complexity index is 4150. The van der Waals surface area contributed by atoms with Crippen LogP contribution in [0, 0.1) is 32.9 Å². The van der Waals surface area contributed by atoms with Gasteiger partial charge in [-0.3, -0.25) is 28.8 Å². The van der Waals surface area contributed by atoms with Crippen LogP contribution in [0.25, 0.3) is 38.8 Å². The number of aliphatic hydroxyl groups is 2. The van der Waals surface area contributed by atoms with Crippen molar-refractivity contribution < 1.29 is 37.8 Å². The first-order chi connectivity index (χ1) is 39.7. The van der Waals surface area contributed by atoms with E-state index >= 15 is 0 Å². The smallest absolute Gasteiger partial charge is 0.257 e. The van der Waals surface area contributed by atoms with E-state index in [4.69, 9.17) is 45.0 Å². The van der Waals surface area contributed by atoms with Gasteiger partial charge in [-0.25, -0.2) is 13.2 Å². The number of amides is 3. The lowest BCUT2D eigenvalue weighted by Crippen LogP contribution is -2.29. The predicted octanol–water partition coefficient (Wildman–Crippen LogP) is 11.1. The van der Waals surface area contributed by atoms with E-state index in [-0.39, 0.29) is 87.8 Å². The zero-order chi connectivity index (χ0) is 60.5. The molecule has 9 rings (SSSR count). The summed E-state index contributed by atoms with van der Waals surface area (Å²) in [5.41, 5.74) is 1.57. The van der Waals surface area contributed by atoms with Crippen LogP contribution in [-0.4, -0.2) is 55.3 Å². The minimum absolute atomic E-state index is 0.0453. The molecule has 0 atom stereocenters. The van der Waals surface area contributed by atoms with Crippen LogP contribution in [0.15, 0.2) is 148 Å². The number of H-pyrrole nitrogens is 1. The highest BCUT2D eigenvalue weighted by Crippen LogP contribution is 2.22. The quantitative estimate of drug-likeness (QED) is 0.0542. The summed E-state index contributed by atoms with van der Waals surface area (Å²) in [7, 11) is 3.13. The number of fused-ring (bicyclic) bond motifs is 3. The van der Waals surface area contributed by atoms with Gasteiger partial charge in [0.1, 0.15) is 40.7 Å². The number of aliphatic hydroxyl groups excluding tert-OH is 2. The third-order valence-electron chi connectivity index (χ3n) is 11.9. The zero-order valence-electron chi connectivity index (χ0n) is 44.9. The van der Waals surface area contributed by atoms with Crippen molar-refractivity contribution in [1.82, 2.24) is 30.1 Å². The van der Waals surface area contributed by atoms with E-state index in [0.29, 0.717) is 24.2 Å². The number of nitrogens with zero attached hydrogens (tertiary/aromatic N) is 2. The SMILES string of the molecule is CCC.Cn1cc(C(=O)NCc2ccc(Cl)cc2)c(=O)c2cc(/C=C/CO)cc(F)c21.Cn1cc(C(=O)NCc2ccc(Cl)cc2)c(=O)c2cc(C#CCO)cc(F)c21.O=C(NCc1ccc(Cl)cc1)c1c[nH]c2c(F)cc(I)cc2c1=O. The molecule has 0 fully saturated rings. The van der Waals surface area contributed by atoms with Gasteiger partial charge in [-0.2, -0.15) is 0 Å². The van der Waals surface area contributed by atoms with Gasteiger partial charge in [0.25, 0.3) is 17.7 Å². The topological polar surface area (TPSA) is 205 Å². The van der Waals surface area contributed by atoms with E-state index in [9.17, 15) is 41.9 Å². The molecule has 6 aromatic carbocycles. The summed E-state index contributed by atoms with van der Waals surface area (Å²) in [6, 6.07) is 29.2. The minimum atomic E-state index is -0.632. The Balaban J connectivity index is 0.000000196. The van der Waals surface area contributed by atoms with Crippen LogP contribution in [0.1, 0.15) is 79.2 Å². The standard InChI is InChI=1S/C21H18ClFN2O3.C21H16ClFN2O3.C17H11ClFIN2O2.C3H8/c2*1-25-12-17(21(28)24-11-13-4-6-15(22)7-5-13)20(27)16-9-14(3-2-8-26)10-18(23)19(16)25;18-10-3-1-9(2-4-10)7-22-17(24)13-8-21-15-12(16(13)23)5-11(20)6-14(15)19;1-3-2/h2-7,9-10,12,26H,8,11H2,1H3,(H,24,28);4-7,9-10,12,26H,8,11H2,1H3,(H,24,28);1-6,8H,7H2,(H,21,23)(H,22,24);3H2,1-2H3/b3-2+;;;. The van der Waals surface area contributed by atoms with Crippen molar-refractivity contribution in [2.45, 2.75) is 39.9 Å². The maximum Gasteiger partial charge on any atom is 0.257 e. The maximum absolute atomic E-state index is 14.5. The molecule has 3 amide bonds. The molecule has 428 valence electrons. The average molecular weight is 1300 g/mol. The van der Waals surface area contributed by atoms with Crippen molar-refractivity contribution in [1.29, 1.82) is 0 Å². The number of aryl methyl sites for hydroxylation is 2. The Morgan fingerprint density at radius 1 is 0.602 bits per heavy atom. The summed E-state index contributed by atoms with van der Waals surface area (Å²) in [6.07, 6.45) is 8.07. The van der Waals surface area contributed by atoms with Crippen molar-refractivity contribution in [3.05, 3.63) is 245 Å². The van der Waals surface area contributed by atoms with Crippen LogP contribution >= 0.6 is 57.4 Å². The van der Waals surface area contributed by atoms with Gasteiger partial charge in [0.2, 0.25) is 16.3 Å². The molecule has 0 aliphatic rings. The minimum Gasteiger partial charge on any atom is -0.392 e. The van der Waals surface area contributed by atoms with Crippen LogP contribution in [-0.2, 0) is 33.7 Å². The first-order valence-corrected chi connectivity index (χ1v) is 27.5. The molecule has 14 nitrogen and oxygen atoms in total. The monoisotopic (exact) mass is 1300 g/mol. The van der Waals surface area contributed by atoms with Gasteiger partial charge in [-0.05, 0) is 118 Å². The third kappa shape index (κ3) is 17.0. The van der Waals surface area contributed by atoms with E-state index in [0.717, 1.165) is 16.7 Å². The Hall–Kier alpha value is -8.03. The number of nitrogens with one attached hydrogen (secondary N) is 4.